The Morgan fingerprint density at radius 1 is 1.21 bits per heavy atom. The molecule has 14 heavy (non-hydrogen) atoms. The summed E-state index contributed by atoms with van der Waals surface area (Å²) < 4.78 is 0. The Labute approximate surface area is 86.9 Å². The second kappa shape index (κ2) is 4.77. The molecule has 0 aromatic heterocycles. The second-order valence-corrected chi connectivity index (χ2v) is 3.16. The lowest BCUT2D eigenvalue weighted by Crippen LogP contribution is -2.13. The van der Waals surface area contributed by atoms with Gasteiger partial charge < -0.3 is 5.73 Å². The highest BCUT2D eigenvalue weighted by molar-refractivity contribution is 6.30. The molecule has 1 aromatic rings. The number of rotatable bonds is 4. The van der Waals surface area contributed by atoms with Crippen LogP contribution in [0.2, 0.25) is 0 Å². The highest BCUT2D eigenvalue weighted by Gasteiger charge is 2.04. The molecule has 4 heteroatoms. The number of hydrogen-bond acceptors (Lipinski definition) is 2. The van der Waals surface area contributed by atoms with E-state index in [1.54, 1.807) is 24.3 Å². The van der Waals surface area contributed by atoms with Gasteiger partial charge in [0.05, 0.1) is 12.3 Å². The molecule has 0 saturated heterocycles. The molecule has 2 N–H and O–H groups in total. The zero-order valence-corrected chi connectivity index (χ0v) is 8.25. The van der Waals surface area contributed by atoms with Crippen molar-refractivity contribution in [2.24, 2.45) is 5.73 Å². The van der Waals surface area contributed by atoms with Crippen molar-refractivity contribution in [1.29, 1.82) is 0 Å². The summed E-state index contributed by atoms with van der Waals surface area (Å²) in [6, 6.07) is 6.68. The van der Waals surface area contributed by atoms with E-state index in [0.29, 0.717) is 5.56 Å². The van der Waals surface area contributed by atoms with Crippen LogP contribution in [0, 0.1) is 0 Å². The van der Waals surface area contributed by atoms with E-state index in [1.807, 2.05) is 0 Å². The summed E-state index contributed by atoms with van der Waals surface area (Å²) in [5.74, 6) is -0.548. The van der Waals surface area contributed by atoms with Crippen LogP contribution in [0.25, 0.3) is 0 Å². The fraction of sp³-hybridized carbons (Fsp3) is 0.200. The third-order valence-electron chi connectivity index (χ3n) is 1.78. The number of carbonyl (C=O) groups excluding carboxylic acids is 2. The maximum atomic E-state index is 11.1. The lowest BCUT2D eigenvalue weighted by Gasteiger charge is -1.99. The van der Waals surface area contributed by atoms with Gasteiger partial charge in [-0.1, -0.05) is 24.3 Å². The second-order valence-electron chi connectivity index (χ2n) is 2.90. The van der Waals surface area contributed by atoms with Crippen molar-refractivity contribution in [2.45, 2.75) is 6.42 Å². The highest BCUT2D eigenvalue weighted by Crippen LogP contribution is 2.06. The Bertz CT molecular complexity index is 346. The molecule has 0 bridgehead atoms. The molecule has 0 spiro atoms. The average molecular weight is 212 g/mol. The summed E-state index contributed by atoms with van der Waals surface area (Å²) in [6.45, 7) is 0. The maximum absolute atomic E-state index is 11.1. The monoisotopic (exact) mass is 211 g/mol. The van der Waals surface area contributed by atoms with Crippen molar-refractivity contribution in [3.8, 4) is 0 Å². The zero-order valence-electron chi connectivity index (χ0n) is 7.50. The molecule has 0 aliphatic heterocycles. The predicted octanol–water partition coefficient (Wildman–Crippen LogP) is 1.14. The Balaban J connectivity index is 2.78. The van der Waals surface area contributed by atoms with E-state index in [-0.39, 0.29) is 24.0 Å². The normalized spacial score (nSPS) is 9.79. The van der Waals surface area contributed by atoms with Gasteiger partial charge in [0.1, 0.15) is 0 Å². The average Bonchev–Trinajstić information content (AvgIpc) is 2.17. The number of carbonyl (C=O) groups is 2. The molecule has 0 aliphatic rings. The third kappa shape index (κ3) is 2.85. The molecule has 0 atom stereocenters. The van der Waals surface area contributed by atoms with E-state index < -0.39 is 0 Å². The largest absolute Gasteiger partial charge is 0.369 e. The van der Waals surface area contributed by atoms with Gasteiger partial charge in [0.15, 0.2) is 5.78 Å². The summed E-state index contributed by atoms with van der Waals surface area (Å²) in [5.41, 5.74) is 6.37. The molecule has 0 saturated carbocycles. The number of primary amides is 1. The fourth-order valence-corrected chi connectivity index (χ4v) is 1.24. The Kier molecular flexibility index (Phi) is 3.65. The number of nitrogens with two attached hydrogens (primary N) is 1. The van der Waals surface area contributed by atoms with Crippen molar-refractivity contribution < 1.29 is 9.59 Å². The van der Waals surface area contributed by atoms with Crippen molar-refractivity contribution in [1.82, 2.24) is 0 Å². The van der Waals surface area contributed by atoms with Gasteiger partial charge in [0.2, 0.25) is 5.91 Å². The van der Waals surface area contributed by atoms with Gasteiger partial charge >= 0.3 is 0 Å². The molecule has 0 unspecified atom stereocenters. The molecular formula is C10H10ClNO2. The molecule has 1 aromatic carbocycles. The Hall–Kier alpha value is -1.35. The number of Topliss-reactive ketones (excluding diaryl/α,β-unsaturated/α-hetero) is 1. The molecule has 0 aliphatic carbocycles. The molecular weight excluding hydrogens is 202 g/mol. The summed E-state index contributed by atoms with van der Waals surface area (Å²) >= 11 is 5.39. The minimum Gasteiger partial charge on any atom is -0.369 e. The maximum Gasteiger partial charge on any atom is 0.221 e. The molecule has 74 valence electrons. The number of amides is 1. The van der Waals surface area contributed by atoms with E-state index in [0.717, 1.165) is 5.56 Å². The summed E-state index contributed by atoms with van der Waals surface area (Å²) in [4.78, 5) is 21.7. The minimum absolute atomic E-state index is 0.0326. The summed E-state index contributed by atoms with van der Waals surface area (Å²) in [7, 11) is 0. The van der Waals surface area contributed by atoms with E-state index in [4.69, 9.17) is 17.3 Å². The van der Waals surface area contributed by atoms with Gasteiger partial charge in [-0.3, -0.25) is 9.59 Å². The number of benzene rings is 1. The first-order valence-corrected chi connectivity index (χ1v) is 4.63. The van der Waals surface area contributed by atoms with Crippen molar-refractivity contribution in [3.05, 3.63) is 35.4 Å². The number of alkyl halides is 1. The van der Waals surface area contributed by atoms with Crippen LogP contribution in [-0.4, -0.2) is 17.6 Å². The van der Waals surface area contributed by atoms with Gasteiger partial charge in [-0.25, -0.2) is 0 Å². The molecule has 1 amide bonds. The van der Waals surface area contributed by atoms with Gasteiger partial charge in [-0.2, -0.15) is 0 Å². The first kappa shape index (κ1) is 10.7. The van der Waals surface area contributed by atoms with E-state index >= 15 is 0 Å². The topological polar surface area (TPSA) is 60.2 Å². The molecule has 3 nitrogen and oxygen atoms in total. The van der Waals surface area contributed by atoms with Gasteiger partial charge in [0.25, 0.3) is 0 Å². The smallest absolute Gasteiger partial charge is 0.221 e. The lowest BCUT2D eigenvalue weighted by molar-refractivity contribution is -0.117. The van der Waals surface area contributed by atoms with E-state index in [2.05, 4.69) is 0 Å². The van der Waals surface area contributed by atoms with Gasteiger partial charge in [-0.15, -0.1) is 11.6 Å². The van der Waals surface area contributed by atoms with Crippen molar-refractivity contribution in [3.63, 3.8) is 0 Å². The number of hydrogen-bond donors (Lipinski definition) is 1. The van der Waals surface area contributed by atoms with Crippen molar-refractivity contribution in [2.75, 3.05) is 5.88 Å². The van der Waals surface area contributed by atoms with Crippen LogP contribution in [0.1, 0.15) is 15.9 Å². The summed E-state index contributed by atoms with van der Waals surface area (Å²) in [6.07, 6.45) is 0.190. The molecule has 1 rings (SSSR count). The van der Waals surface area contributed by atoms with Crippen LogP contribution < -0.4 is 5.73 Å². The van der Waals surface area contributed by atoms with Crippen LogP contribution in [0.15, 0.2) is 24.3 Å². The predicted molar refractivity (Wildman–Crippen MR) is 54.4 cm³/mol. The van der Waals surface area contributed by atoms with Gasteiger partial charge in [0, 0.05) is 5.56 Å². The van der Waals surface area contributed by atoms with Crippen molar-refractivity contribution >= 4 is 23.3 Å². The minimum atomic E-state index is -0.388. The Morgan fingerprint density at radius 3 is 2.21 bits per heavy atom. The van der Waals surface area contributed by atoms with Crippen LogP contribution in [0.4, 0.5) is 0 Å². The van der Waals surface area contributed by atoms with E-state index in [9.17, 15) is 9.59 Å². The van der Waals surface area contributed by atoms with Crippen LogP contribution >= 0.6 is 11.6 Å². The number of ketones is 1. The zero-order chi connectivity index (χ0) is 10.6. The fourth-order valence-electron chi connectivity index (χ4n) is 1.09. The van der Waals surface area contributed by atoms with Gasteiger partial charge in [-0.05, 0) is 5.56 Å². The van der Waals surface area contributed by atoms with Crippen LogP contribution in [0.3, 0.4) is 0 Å². The molecule has 0 fully saturated rings. The standard InChI is InChI=1S/C10H10ClNO2/c11-6-9(13)8-3-1-7(2-4-8)5-10(12)14/h1-4H,5-6H2,(H2,12,14). The molecule has 0 heterocycles. The molecule has 0 radical (unpaired) electrons. The third-order valence-corrected chi connectivity index (χ3v) is 2.02. The lowest BCUT2D eigenvalue weighted by atomic mass is 10.1. The highest BCUT2D eigenvalue weighted by atomic mass is 35.5. The SMILES string of the molecule is NC(=O)Cc1ccc(C(=O)CCl)cc1. The first-order chi connectivity index (χ1) is 6.63. The van der Waals surface area contributed by atoms with Crippen LogP contribution in [-0.2, 0) is 11.2 Å². The number of halogens is 1. The quantitative estimate of drug-likeness (QED) is 0.600. The summed E-state index contributed by atoms with van der Waals surface area (Å²) in [5, 5.41) is 0. The van der Waals surface area contributed by atoms with E-state index in [1.165, 1.54) is 0 Å². The Morgan fingerprint density at radius 2 is 1.79 bits per heavy atom. The first-order valence-electron chi connectivity index (χ1n) is 4.10. The van der Waals surface area contributed by atoms with Crippen LogP contribution in [0.5, 0.6) is 0 Å².